The molecule has 2 aliphatic heterocycles. The van der Waals surface area contributed by atoms with Gasteiger partial charge >= 0.3 is 0 Å². The van der Waals surface area contributed by atoms with Crippen LogP contribution in [0, 0.1) is 0 Å². The van der Waals surface area contributed by atoms with Crippen molar-refractivity contribution in [2.24, 2.45) is 0 Å². The van der Waals surface area contributed by atoms with E-state index < -0.39 is 0 Å². The minimum absolute atomic E-state index is 0.00280. The van der Waals surface area contributed by atoms with Gasteiger partial charge in [-0.3, -0.25) is 9.59 Å². The fourth-order valence-electron chi connectivity index (χ4n) is 4.75. The number of fused-ring (bicyclic) bond motifs is 3. The van der Waals surface area contributed by atoms with Crippen LogP contribution in [-0.4, -0.2) is 46.6 Å². The zero-order chi connectivity index (χ0) is 18.4. The number of H-pyrrole nitrogens is 1. The number of aromatic nitrogens is 2. The van der Waals surface area contributed by atoms with Crippen LogP contribution >= 0.6 is 11.3 Å². The van der Waals surface area contributed by atoms with E-state index in [9.17, 15) is 9.59 Å². The molecule has 0 spiro atoms. The van der Waals surface area contributed by atoms with Crippen molar-refractivity contribution in [3.63, 3.8) is 0 Å². The molecule has 0 unspecified atom stereocenters. The molecule has 144 valence electrons. The van der Waals surface area contributed by atoms with E-state index in [1.54, 1.807) is 11.3 Å². The van der Waals surface area contributed by atoms with Gasteiger partial charge in [-0.05, 0) is 56.9 Å². The number of piperidine rings is 1. The number of nitrogens with one attached hydrogen (secondary N) is 1. The molecule has 5 rings (SSSR count). The minimum Gasteiger partial charge on any atom is -0.368 e. The Balaban J connectivity index is 1.42. The molecule has 1 N–H and O–H groups in total. The maximum atomic E-state index is 12.8. The number of rotatable bonds is 2. The number of hydrogen-bond donors (Lipinski definition) is 1. The molecule has 27 heavy (non-hydrogen) atoms. The van der Waals surface area contributed by atoms with Gasteiger partial charge in [0, 0.05) is 30.5 Å². The minimum atomic E-state index is -0.276. The predicted octanol–water partition coefficient (Wildman–Crippen LogP) is 2.75. The Hall–Kier alpha value is -1.73. The SMILES string of the molecule is O=C([C@H]1CCCO1)N1CCC[C@H](c2nc3sc4c(c3c(=O)[nH]2)CCCC4)C1. The Kier molecular flexibility index (Phi) is 4.52. The van der Waals surface area contributed by atoms with E-state index in [0.29, 0.717) is 13.2 Å². The second-order valence-corrected chi connectivity index (χ2v) is 9.05. The van der Waals surface area contributed by atoms with Crippen LogP contribution in [0.15, 0.2) is 4.79 Å². The smallest absolute Gasteiger partial charge is 0.259 e. The molecule has 4 heterocycles. The number of likely N-dealkylation sites (tertiary alicyclic amines) is 1. The van der Waals surface area contributed by atoms with E-state index in [1.807, 2.05) is 4.90 Å². The summed E-state index contributed by atoms with van der Waals surface area (Å²) in [6.45, 7) is 2.08. The van der Waals surface area contributed by atoms with Gasteiger partial charge in [-0.1, -0.05) is 0 Å². The van der Waals surface area contributed by atoms with E-state index in [1.165, 1.54) is 16.9 Å². The Morgan fingerprint density at radius 3 is 2.93 bits per heavy atom. The Bertz CT molecular complexity index is 928. The highest BCUT2D eigenvalue weighted by Crippen LogP contribution is 2.34. The summed E-state index contributed by atoms with van der Waals surface area (Å²) in [4.78, 5) is 37.5. The summed E-state index contributed by atoms with van der Waals surface area (Å²) < 4.78 is 5.57. The van der Waals surface area contributed by atoms with Crippen LogP contribution in [0.3, 0.4) is 0 Å². The van der Waals surface area contributed by atoms with Crippen molar-refractivity contribution < 1.29 is 9.53 Å². The number of ether oxygens (including phenoxy) is 1. The van der Waals surface area contributed by atoms with Crippen LogP contribution in [0.4, 0.5) is 0 Å². The number of aromatic amines is 1. The molecular weight excluding hydrogens is 362 g/mol. The van der Waals surface area contributed by atoms with Crippen molar-refractivity contribution in [1.29, 1.82) is 0 Å². The zero-order valence-electron chi connectivity index (χ0n) is 15.5. The first kappa shape index (κ1) is 17.4. The van der Waals surface area contributed by atoms with Gasteiger partial charge < -0.3 is 14.6 Å². The van der Waals surface area contributed by atoms with Gasteiger partial charge in [-0.25, -0.2) is 4.98 Å². The van der Waals surface area contributed by atoms with Gasteiger partial charge in [0.1, 0.15) is 16.8 Å². The first-order valence-electron chi connectivity index (χ1n) is 10.2. The molecule has 0 bridgehead atoms. The molecule has 2 atom stereocenters. The second-order valence-electron chi connectivity index (χ2n) is 7.97. The third-order valence-electron chi connectivity index (χ3n) is 6.17. The van der Waals surface area contributed by atoms with Gasteiger partial charge in [0.2, 0.25) is 0 Å². The molecule has 7 heteroatoms. The van der Waals surface area contributed by atoms with E-state index in [-0.39, 0.29) is 23.5 Å². The van der Waals surface area contributed by atoms with Gasteiger partial charge in [0.05, 0.1) is 5.39 Å². The predicted molar refractivity (Wildman–Crippen MR) is 104 cm³/mol. The number of nitrogens with zero attached hydrogens (tertiary/aromatic N) is 2. The highest BCUT2D eigenvalue weighted by Gasteiger charge is 2.33. The van der Waals surface area contributed by atoms with Crippen LogP contribution in [0.2, 0.25) is 0 Å². The first-order chi connectivity index (χ1) is 13.2. The average molecular weight is 388 g/mol. The lowest BCUT2D eigenvalue weighted by molar-refractivity contribution is -0.142. The summed E-state index contributed by atoms with van der Waals surface area (Å²) in [6.07, 6.45) is 7.81. The molecule has 0 saturated carbocycles. The van der Waals surface area contributed by atoms with E-state index >= 15 is 0 Å². The van der Waals surface area contributed by atoms with E-state index in [2.05, 4.69) is 4.98 Å². The Morgan fingerprint density at radius 1 is 1.19 bits per heavy atom. The van der Waals surface area contributed by atoms with Crippen molar-refractivity contribution in [2.45, 2.75) is 63.4 Å². The van der Waals surface area contributed by atoms with Crippen molar-refractivity contribution in [3.05, 3.63) is 26.6 Å². The first-order valence-corrected chi connectivity index (χ1v) is 11.0. The Morgan fingerprint density at radius 2 is 2.07 bits per heavy atom. The van der Waals surface area contributed by atoms with E-state index in [4.69, 9.17) is 9.72 Å². The monoisotopic (exact) mass is 387 g/mol. The zero-order valence-corrected chi connectivity index (χ0v) is 16.3. The lowest BCUT2D eigenvalue weighted by Gasteiger charge is -2.33. The number of hydrogen-bond acceptors (Lipinski definition) is 5. The molecule has 2 aromatic rings. The molecule has 1 aliphatic carbocycles. The van der Waals surface area contributed by atoms with Crippen LogP contribution in [-0.2, 0) is 22.4 Å². The number of aryl methyl sites for hydroxylation is 2. The summed E-state index contributed by atoms with van der Waals surface area (Å²) in [7, 11) is 0. The van der Waals surface area contributed by atoms with E-state index in [0.717, 1.165) is 67.5 Å². The summed E-state index contributed by atoms with van der Waals surface area (Å²) in [6, 6.07) is 0. The molecule has 2 saturated heterocycles. The molecule has 0 aromatic carbocycles. The highest BCUT2D eigenvalue weighted by molar-refractivity contribution is 7.18. The van der Waals surface area contributed by atoms with Crippen LogP contribution in [0.5, 0.6) is 0 Å². The van der Waals surface area contributed by atoms with Crippen molar-refractivity contribution in [1.82, 2.24) is 14.9 Å². The third kappa shape index (κ3) is 3.10. The fraction of sp³-hybridized carbons (Fsp3) is 0.650. The summed E-state index contributed by atoms with van der Waals surface area (Å²) in [5.74, 6) is 0.948. The standard InChI is InChI=1S/C20H25N3O3S/c24-18-16-13-6-1-2-8-15(13)27-19(16)22-17(21-18)12-5-3-9-23(11-12)20(25)14-7-4-10-26-14/h12,14H,1-11H2,(H,21,22,24)/t12-,14+/m0/s1. The normalized spacial score (nSPS) is 25.7. The molecule has 3 aliphatic rings. The molecular formula is C20H25N3O3S. The van der Waals surface area contributed by atoms with Crippen LogP contribution in [0.1, 0.15) is 60.7 Å². The molecule has 0 radical (unpaired) electrons. The fourth-order valence-corrected chi connectivity index (χ4v) is 6.02. The summed E-state index contributed by atoms with van der Waals surface area (Å²) >= 11 is 1.69. The van der Waals surface area contributed by atoms with Crippen LogP contribution < -0.4 is 5.56 Å². The highest BCUT2D eigenvalue weighted by atomic mass is 32.1. The van der Waals surface area contributed by atoms with Crippen molar-refractivity contribution in [2.75, 3.05) is 19.7 Å². The Labute approximate surface area is 161 Å². The lowest BCUT2D eigenvalue weighted by Crippen LogP contribution is -2.44. The molecule has 2 aromatic heterocycles. The second kappa shape index (κ2) is 7.02. The van der Waals surface area contributed by atoms with Gasteiger partial charge in [0.15, 0.2) is 0 Å². The number of amides is 1. The van der Waals surface area contributed by atoms with Crippen molar-refractivity contribution >= 4 is 27.5 Å². The third-order valence-corrected chi connectivity index (χ3v) is 7.35. The van der Waals surface area contributed by atoms with Crippen molar-refractivity contribution in [3.8, 4) is 0 Å². The molecule has 6 nitrogen and oxygen atoms in total. The largest absolute Gasteiger partial charge is 0.368 e. The van der Waals surface area contributed by atoms with Crippen LogP contribution in [0.25, 0.3) is 10.2 Å². The number of carbonyl (C=O) groups excluding carboxylic acids is 1. The van der Waals surface area contributed by atoms with Gasteiger partial charge in [-0.2, -0.15) is 0 Å². The van der Waals surface area contributed by atoms with Gasteiger partial charge in [-0.15, -0.1) is 11.3 Å². The maximum Gasteiger partial charge on any atom is 0.259 e. The molecule has 1 amide bonds. The lowest BCUT2D eigenvalue weighted by atomic mass is 9.95. The maximum absolute atomic E-state index is 12.8. The van der Waals surface area contributed by atoms with Gasteiger partial charge in [0.25, 0.3) is 11.5 Å². The number of carbonyl (C=O) groups is 1. The summed E-state index contributed by atoms with van der Waals surface area (Å²) in [5, 5.41) is 0.807. The quantitative estimate of drug-likeness (QED) is 0.860. The topological polar surface area (TPSA) is 75.3 Å². The molecule has 2 fully saturated rings. The summed E-state index contributed by atoms with van der Waals surface area (Å²) in [5.41, 5.74) is 1.22. The average Bonchev–Trinajstić information content (AvgIpc) is 3.35. The number of thiophene rings is 1.